The van der Waals surface area contributed by atoms with E-state index in [-0.39, 0.29) is 47.1 Å². The molecule has 3 fully saturated rings. The number of methoxy groups -OCH3 is 1. The average Bonchev–Trinajstić information content (AvgIpc) is 4.15. The maximum Gasteiger partial charge on any atom is 0.490 e. The van der Waals surface area contributed by atoms with Crippen LogP contribution < -0.4 is 38.2 Å². The number of nitrogens with one attached hydrogen (secondary N) is 3. The summed E-state index contributed by atoms with van der Waals surface area (Å²) in [7, 11) is -20.9. The summed E-state index contributed by atoms with van der Waals surface area (Å²) >= 11 is 0. The van der Waals surface area contributed by atoms with Crippen LogP contribution in [0.3, 0.4) is 0 Å². The molecule has 0 saturated carbocycles. The Bertz CT molecular complexity index is 3390. The van der Waals surface area contributed by atoms with Gasteiger partial charge in [-0.15, -0.1) is 0 Å². The number of hydrogen-bond donors (Lipinski definition) is 12. The number of aromatic nitrogens is 10. The number of H-pyrrole nitrogens is 2. The van der Waals surface area contributed by atoms with Crippen LogP contribution in [-0.4, -0.2) is 167 Å². The molecule has 16 atom stereocenters. The Morgan fingerprint density at radius 3 is 2.06 bits per heavy atom. The number of phosphoric acid groups is 4. The van der Waals surface area contributed by atoms with Crippen molar-refractivity contribution in [2.45, 2.75) is 80.9 Å². The molecular weight excluding hydrogens is 1130 g/mol. The first kappa shape index (κ1) is 58.0. The molecular formula is C35H50N13O25P4+. The van der Waals surface area contributed by atoms with Crippen molar-refractivity contribution in [2.24, 2.45) is 13.0 Å². The van der Waals surface area contributed by atoms with Crippen molar-refractivity contribution in [1.29, 1.82) is 0 Å². The Morgan fingerprint density at radius 1 is 0.779 bits per heavy atom. The summed E-state index contributed by atoms with van der Waals surface area (Å²) in [6.07, 6.45) is -13.6. The Kier molecular flexibility index (Phi) is 17.0. The molecule has 8 heterocycles. The van der Waals surface area contributed by atoms with E-state index in [1.165, 1.54) is 34.0 Å². The molecule has 42 heteroatoms. The fourth-order valence-electron chi connectivity index (χ4n) is 8.65. The van der Waals surface area contributed by atoms with E-state index in [1.807, 2.05) is 4.98 Å². The lowest BCUT2D eigenvalue weighted by molar-refractivity contribution is -0.646. The van der Waals surface area contributed by atoms with E-state index in [0.717, 1.165) is 36.6 Å². The minimum Gasteiger partial charge on any atom is -0.387 e. The zero-order chi connectivity index (χ0) is 56.1. The van der Waals surface area contributed by atoms with E-state index in [1.54, 1.807) is 0 Å². The summed E-state index contributed by atoms with van der Waals surface area (Å²) < 4.78 is 110. The summed E-state index contributed by atoms with van der Waals surface area (Å²) in [5, 5.41) is 35.3. The van der Waals surface area contributed by atoms with Crippen molar-refractivity contribution < 1.29 is 108 Å². The number of hydrogen-bond acceptors (Lipinski definition) is 27. The quantitative estimate of drug-likeness (QED) is 0.0231. The first-order chi connectivity index (χ1) is 36.1. The average molecular weight is 1180 g/mol. The van der Waals surface area contributed by atoms with E-state index in [4.69, 9.17) is 48.5 Å². The van der Waals surface area contributed by atoms with E-state index >= 15 is 0 Å². The second-order valence-corrected chi connectivity index (χ2v) is 23.2. The number of imidazole rings is 2. The lowest BCUT2D eigenvalue weighted by Crippen LogP contribution is -2.38. The molecule has 424 valence electrons. The number of aromatic amines is 2. The number of aliphatic hydroxyl groups excluding tert-OH is 3. The molecule has 0 aliphatic carbocycles. The van der Waals surface area contributed by atoms with Crippen LogP contribution in [0.25, 0.3) is 22.3 Å². The lowest BCUT2D eigenvalue weighted by Gasteiger charge is -2.26. The number of rotatable bonds is 22. The molecule has 3 aliphatic heterocycles. The molecule has 5 aromatic heterocycles. The summed E-state index contributed by atoms with van der Waals surface area (Å²) in [5.74, 6) is -1.86. The SMILES string of the molecule is CO[C@@H]1[C@H](OP(=O)(O)OC[C@H]2O[C@@H](n3ccc(=O)[nH]c3=O)[C@H](O)[C@@H]2O)[C@@H](COP(=O)(O)OP(=O)(O)OP(=O)(O)OC[C@H]2O[C@@H](n3c[n+](C)c4c(=O)[nH]c(N)nc43)[C@H](O)[C@@H]2CCNC(C)=O)O[C@H]1n1cnc2c(N)ncnc21. The maximum atomic E-state index is 13.6. The molecule has 0 aromatic carbocycles. The van der Waals surface area contributed by atoms with Crippen molar-refractivity contribution >= 4 is 71.3 Å². The monoisotopic (exact) mass is 1180 g/mol. The van der Waals surface area contributed by atoms with E-state index in [9.17, 15) is 72.3 Å². The van der Waals surface area contributed by atoms with Crippen molar-refractivity contribution in [2.75, 3.05) is 44.9 Å². The van der Waals surface area contributed by atoms with Crippen LogP contribution in [0.4, 0.5) is 11.8 Å². The number of carbonyl (C=O) groups is 1. The van der Waals surface area contributed by atoms with Gasteiger partial charge in [-0.1, -0.05) is 0 Å². The standard InChI is InChI=1S/C35H49N13O25P4/c1-14(49)38-6-4-15-16(68-31(22(15)51)48-13-45(2)21-29(48)43-34(37)44-30(21)54)8-66-75(58,59)72-77(62,63)73-76(60,61)67-10-18-25(26(64-3)33(70-18)47-12-41-20-27(36)39-11-40-28(20)47)71-74(56,57)65-9-17-23(52)24(53)32(69-17)46-7-5-19(50)42-35(46)55/h5,7,11-13,15-18,22-26,31-33,51-53H,4,6,8-10H2,1-3H3,(H10-,36,37,38,39,40,42,43,44,49,50,54,55,56,57,58,59,60,61,62,63)/p+1/t15-,16-,17-,18-,22-,23-,24-,25-,26-,31-,32-,33-/m1/s1. The molecule has 14 N–H and O–H groups in total. The Morgan fingerprint density at radius 2 is 1.40 bits per heavy atom. The highest BCUT2D eigenvalue weighted by Gasteiger charge is 2.54. The first-order valence-electron chi connectivity index (χ1n) is 22.2. The summed E-state index contributed by atoms with van der Waals surface area (Å²) in [6, 6.07) is 0.922. The third-order valence-corrected chi connectivity index (χ3v) is 17.2. The highest BCUT2D eigenvalue weighted by atomic mass is 31.3. The van der Waals surface area contributed by atoms with Gasteiger partial charge in [0.25, 0.3) is 16.7 Å². The van der Waals surface area contributed by atoms with Crippen LogP contribution in [0, 0.1) is 5.92 Å². The second-order valence-electron chi connectivity index (χ2n) is 17.2. The summed E-state index contributed by atoms with van der Waals surface area (Å²) in [4.78, 5) is 111. The summed E-state index contributed by atoms with van der Waals surface area (Å²) in [6.45, 7) is -2.12. The smallest absolute Gasteiger partial charge is 0.387 e. The molecule has 77 heavy (non-hydrogen) atoms. The highest BCUT2D eigenvalue weighted by Crippen LogP contribution is 2.68. The third kappa shape index (κ3) is 12.8. The molecule has 8 rings (SSSR count). The van der Waals surface area contributed by atoms with Crippen LogP contribution in [-0.2, 0) is 75.8 Å². The number of anilines is 2. The lowest BCUT2D eigenvalue weighted by atomic mass is 9.94. The summed E-state index contributed by atoms with van der Waals surface area (Å²) in [5.41, 5.74) is 9.22. The molecule has 3 saturated heterocycles. The fourth-order valence-corrected chi connectivity index (χ4v) is 13.1. The van der Waals surface area contributed by atoms with Gasteiger partial charge < -0.3 is 70.6 Å². The molecule has 0 bridgehead atoms. The maximum absolute atomic E-state index is 13.6. The number of nitrogen functional groups attached to an aromatic ring is 2. The Balaban J connectivity index is 0.946. The molecule has 4 unspecified atom stereocenters. The zero-order valence-electron chi connectivity index (χ0n) is 39.9. The van der Waals surface area contributed by atoms with Crippen molar-refractivity contribution in [3.8, 4) is 0 Å². The van der Waals surface area contributed by atoms with Gasteiger partial charge in [0.15, 0.2) is 23.9 Å². The van der Waals surface area contributed by atoms with Gasteiger partial charge in [0.1, 0.15) is 54.6 Å². The van der Waals surface area contributed by atoms with Crippen LogP contribution in [0.2, 0.25) is 0 Å². The predicted octanol–water partition coefficient (Wildman–Crippen LogP) is -4.09. The number of nitrogens with zero attached hydrogens (tertiary/aromatic N) is 8. The van der Waals surface area contributed by atoms with E-state index in [0.29, 0.717) is 0 Å². The van der Waals surface area contributed by atoms with E-state index in [2.05, 4.69) is 38.9 Å². The predicted molar refractivity (Wildman–Crippen MR) is 249 cm³/mol. The molecule has 3 aliphatic rings. The largest absolute Gasteiger partial charge is 0.490 e. The first-order valence-corrected chi connectivity index (χ1v) is 28.2. The van der Waals surface area contributed by atoms with Gasteiger partial charge >= 0.3 is 42.5 Å². The van der Waals surface area contributed by atoms with Crippen LogP contribution in [0.1, 0.15) is 32.0 Å². The van der Waals surface area contributed by atoms with Gasteiger partial charge in [-0.2, -0.15) is 18.2 Å². The second kappa shape index (κ2) is 22.6. The van der Waals surface area contributed by atoms with Gasteiger partial charge in [-0.25, -0.2) is 42.6 Å². The number of carbonyl (C=O) groups excluding carboxylic acids is 1. The Hall–Kier alpha value is -5.11. The van der Waals surface area contributed by atoms with Gasteiger partial charge in [-0.3, -0.25) is 51.6 Å². The molecule has 0 radical (unpaired) electrons. The van der Waals surface area contributed by atoms with Gasteiger partial charge in [0.2, 0.25) is 24.4 Å². The minimum absolute atomic E-state index is 0.000904. The van der Waals surface area contributed by atoms with Gasteiger partial charge in [0.05, 0.1) is 39.3 Å². The number of ether oxygens (including phenoxy) is 4. The number of phosphoric ester groups is 3. The van der Waals surface area contributed by atoms with Gasteiger partial charge in [-0.05, 0) is 6.42 Å². The number of amides is 1. The van der Waals surface area contributed by atoms with E-state index < -0.39 is 147 Å². The zero-order valence-corrected chi connectivity index (χ0v) is 43.4. The number of aliphatic hydroxyl groups is 3. The molecule has 5 aromatic rings. The van der Waals surface area contributed by atoms with Crippen LogP contribution >= 0.6 is 31.3 Å². The third-order valence-electron chi connectivity index (χ3n) is 12.0. The van der Waals surface area contributed by atoms with Crippen LogP contribution in [0.15, 0.2) is 45.6 Å². The Labute approximate surface area is 428 Å². The number of fused-ring (bicyclic) bond motifs is 2. The van der Waals surface area contributed by atoms with Crippen molar-refractivity contribution in [1.82, 2.24) is 48.9 Å². The fraction of sp³-hybridized carbons (Fsp3) is 0.571. The molecule has 38 nitrogen and oxygen atoms in total. The number of aryl methyl sites for hydroxylation is 1. The van der Waals surface area contributed by atoms with Crippen molar-refractivity contribution in [3.63, 3.8) is 0 Å². The van der Waals surface area contributed by atoms with Crippen molar-refractivity contribution in [3.05, 3.63) is 62.4 Å². The molecule has 1 amide bonds. The molecule has 0 spiro atoms. The minimum atomic E-state index is -6.21. The van der Waals surface area contributed by atoms with Crippen LogP contribution in [0.5, 0.6) is 0 Å². The van der Waals surface area contributed by atoms with Gasteiger partial charge in [0, 0.05) is 38.8 Å². The highest BCUT2D eigenvalue weighted by molar-refractivity contribution is 7.66. The number of nitrogens with two attached hydrogens (primary N) is 2. The topological polar surface area (TPSA) is 536 Å². The normalized spacial score (nSPS) is 29.8.